The molecule has 3 aromatic rings. The van der Waals surface area contributed by atoms with Crippen LogP contribution in [-0.4, -0.2) is 21.5 Å². The molecule has 7 heteroatoms. The molecule has 0 saturated carbocycles. The Kier molecular flexibility index (Phi) is 5.16. The standard InChI is InChI=1S/C21H20F2N4O/c22-15-10-14(11-16(23)12-15)21-19(3-4-20(28)26-21)25-13-18-2-1-9-27(18)17-5-7-24-8-6-17/h1-2,5-12,19,21,25H,3-4,13H2,(H,26,28)/t19-,21+/m1/s1. The Morgan fingerprint density at radius 3 is 2.64 bits per heavy atom. The maximum Gasteiger partial charge on any atom is 0.220 e. The van der Waals surface area contributed by atoms with Gasteiger partial charge in [0, 0.05) is 55.0 Å². The van der Waals surface area contributed by atoms with Gasteiger partial charge in [0.25, 0.3) is 0 Å². The Balaban J connectivity index is 1.53. The number of benzene rings is 1. The van der Waals surface area contributed by atoms with Gasteiger partial charge in [-0.1, -0.05) is 0 Å². The zero-order valence-corrected chi connectivity index (χ0v) is 15.1. The molecule has 3 heterocycles. The lowest BCUT2D eigenvalue weighted by molar-refractivity contribution is -0.123. The van der Waals surface area contributed by atoms with Crippen molar-refractivity contribution in [3.8, 4) is 5.69 Å². The second kappa shape index (κ2) is 7.90. The topological polar surface area (TPSA) is 59.0 Å². The quantitative estimate of drug-likeness (QED) is 0.712. The van der Waals surface area contributed by atoms with E-state index in [0.717, 1.165) is 17.4 Å². The van der Waals surface area contributed by atoms with Gasteiger partial charge in [-0.3, -0.25) is 9.78 Å². The molecule has 1 aliphatic rings. The second-order valence-corrected chi connectivity index (χ2v) is 6.85. The normalized spacial score (nSPS) is 19.4. The summed E-state index contributed by atoms with van der Waals surface area (Å²) in [6.07, 6.45) is 6.39. The van der Waals surface area contributed by atoms with Crippen molar-refractivity contribution in [1.82, 2.24) is 20.2 Å². The fraction of sp³-hybridized carbons (Fsp3) is 0.238. The molecule has 2 N–H and O–H groups in total. The van der Waals surface area contributed by atoms with E-state index in [-0.39, 0.29) is 11.9 Å². The van der Waals surface area contributed by atoms with Crippen LogP contribution in [0.3, 0.4) is 0 Å². The van der Waals surface area contributed by atoms with Gasteiger partial charge in [0.2, 0.25) is 5.91 Å². The third-order valence-electron chi connectivity index (χ3n) is 4.96. The van der Waals surface area contributed by atoms with Gasteiger partial charge in [0.1, 0.15) is 11.6 Å². The molecule has 1 fully saturated rings. The van der Waals surface area contributed by atoms with Gasteiger partial charge < -0.3 is 15.2 Å². The minimum Gasteiger partial charge on any atom is -0.348 e. The Morgan fingerprint density at radius 2 is 1.89 bits per heavy atom. The van der Waals surface area contributed by atoms with E-state index in [4.69, 9.17) is 0 Å². The molecule has 144 valence electrons. The highest BCUT2D eigenvalue weighted by Crippen LogP contribution is 2.26. The van der Waals surface area contributed by atoms with Gasteiger partial charge in [-0.05, 0) is 48.4 Å². The van der Waals surface area contributed by atoms with Crippen molar-refractivity contribution in [3.05, 3.63) is 83.9 Å². The largest absolute Gasteiger partial charge is 0.348 e. The second-order valence-electron chi connectivity index (χ2n) is 6.85. The summed E-state index contributed by atoms with van der Waals surface area (Å²) in [7, 11) is 0. The lowest BCUT2D eigenvalue weighted by Gasteiger charge is -2.33. The van der Waals surface area contributed by atoms with Crippen LogP contribution in [-0.2, 0) is 11.3 Å². The van der Waals surface area contributed by atoms with Gasteiger partial charge in [0.05, 0.1) is 6.04 Å². The first-order valence-electron chi connectivity index (χ1n) is 9.15. The molecule has 0 spiro atoms. The summed E-state index contributed by atoms with van der Waals surface area (Å²) in [6, 6.07) is 10.5. The molecule has 0 aliphatic carbocycles. The molecule has 0 bridgehead atoms. The fourth-order valence-electron chi connectivity index (χ4n) is 3.64. The summed E-state index contributed by atoms with van der Waals surface area (Å²) < 4.78 is 29.4. The maximum atomic E-state index is 13.7. The van der Waals surface area contributed by atoms with Crippen molar-refractivity contribution in [2.24, 2.45) is 0 Å². The predicted octanol–water partition coefficient (Wildman–Crippen LogP) is 3.26. The molecular formula is C21H20F2N4O. The fourth-order valence-corrected chi connectivity index (χ4v) is 3.64. The molecule has 2 aromatic heterocycles. The lowest BCUT2D eigenvalue weighted by Crippen LogP contribution is -2.48. The van der Waals surface area contributed by atoms with Crippen LogP contribution in [0.15, 0.2) is 61.1 Å². The van der Waals surface area contributed by atoms with Crippen molar-refractivity contribution in [2.75, 3.05) is 0 Å². The minimum absolute atomic E-state index is 0.118. The average molecular weight is 382 g/mol. The molecule has 1 amide bonds. The highest BCUT2D eigenvalue weighted by atomic mass is 19.1. The van der Waals surface area contributed by atoms with Crippen LogP contribution in [0.4, 0.5) is 8.78 Å². The summed E-state index contributed by atoms with van der Waals surface area (Å²) in [5.74, 6) is -1.42. The van der Waals surface area contributed by atoms with Crippen LogP contribution in [0, 0.1) is 11.6 Å². The van der Waals surface area contributed by atoms with Crippen molar-refractivity contribution in [1.29, 1.82) is 0 Å². The first kappa shape index (κ1) is 18.3. The SMILES string of the molecule is O=C1CC[C@@H](NCc2cccn2-c2ccncc2)[C@H](c2cc(F)cc(F)c2)N1. The van der Waals surface area contributed by atoms with E-state index in [0.29, 0.717) is 24.9 Å². The van der Waals surface area contributed by atoms with Gasteiger partial charge >= 0.3 is 0 Å². The van der Waals surface area contributed by atoms with E-state index in [2.05, 4.69) is 15.6 Å². The van der Waals surface area contributed by atoms with Gasteiger partial charge in [-0.2, -0.15) is 0 Å². The summed E-state index contributed by atoms with van der Waals surface area (Å²) in [5.41, 5.74) is 2.46. The van der Waals surface area contributed by atoms with Crippen LogP contribution >= 0.6 is 0 Å². The molecule has 28 heavy (non-hydrogen) atoms. The van der Waals surface area contributed by atoms with E-state index in [9.17, 15) is 13.6 Å². The monoisotopic (exact) mass is 382 g/mol. The third kappa shape index (κ3) is 3.94. The average Bonchev–Trinajstić information content (AvgIpc) is 3.15. The number of amides is 1. The predicted molar refractivity (Wildman–Crippen MR) is 101 cm³/mol. The zero-order chi connectivity index (χ0) is 19.5. The molecule has 4 rings (SSSR count). The molecule has 1 aromatic carbocycles. The number of nitrogens with one attached hydrogen (secondary N) is 2. The zero-order valence-electron chi connectivity index (χ0n) is 15.1. The van der Waals surface area contributed by atoms with E-state index in [1.807, 2.05) is 35.0 Å². The van der Waals surface area contributed by atoms with E-state index in [1.54, 1.807) is 12.4 Å². The van der Waals surface area contributed by atoms with Crippen molar-refractivity contribution >= 4 is 5.91 Å². The molecular weight excluding hydrogens is 362 g/mol. The molecule has 5 nitrogen and oxygen atoms in total. The van der Waals surface area contributed by atoms with E-state index < -0.39 is 17.7 Å². The minimum atomic E-state index is -0.653. The highest BCUT2D eigenvalue weighted by molar-refractivity contribution is 5.77. The Morgan fingerprint density at radius 1 is 1.14 bits per heavy atom. The van der Waals surface area contributed by atoms with Gasteiger partial charge in [0.15, 0.2) is 0 Å². The number of aromatic nitrogens is 2. The molecule has 0 radical (unpaired) electrons. The Labute approximate surface area is 161 Å². The highest BCUT2D eigenvalue weighted by Gasteiger charge is 2.30. The summed E-state index contributed by atoms with van der Waals surface area (Å²) in [4.78, 5) is 15.9. The van der Waals surface area contributed by atoms with Crippen LogP contribution in [0.1, 0.15) is 30.1 Å². The number of hydrogen-bond acceptors (Lipinski definition) is 3. The number of carbonyl (C=O) groups is 1. The number of carbonyl (C=O) groups excluding carboxylic acids is 1. The first-order valence-corrected chi connectivity index (χ1v) is 9.15. The Hall–Kier alpha value is -3.06. The number of hydrogen-bond donors (Lipinski definition) is 2. The Bertz CT molecular complexity index is 953. The number of nitrogens with zero attached hydrogens (tertiary/aromatic N) is 2. The summed E-state index contributed by atoms with van der Waals surface area (Å²) >= 11 is 0. The van der Waals surface area contributed by atoms with E-state index in [1.165, 1.54) is 12.1 Å². The number of pyridine rings is 1. The number of piperidine rings is 1. The van der Waals surface area contributed by atoms with Gasteiger partial charge in [-0.15, -0.1) is 0 Å². The number of halogens is 2. The van der Waals surface area contributed by atoms with Crippen molar-refractivity contribution < 1.29 is 13.6 Å². The first-order chi connectivity index (χ1) is 13.6. The third-order valence-corrected chi connectivity index (χ3v) is 4.96. The summed E-state index contributed by atoms with van der Waals surface area (Å²) in [5, 5.41) is 6.31. The molecule has 1 saturated heterocycles. The van der Waals surface area contributed by atoms with Gasteiger partial charge in [-0.25, -0.2) is 8.78 Å². The smallest absolute Gasteiger partial charge is 0.220 e. The number of rotatable bonds is 5. The molecule has 1 aliphatic heterocycles. The van der Waals surface area contributed by atoms with Crippen LogP contribution in [0.2, 0.25) is 0 Å². The van der Waals surface area contributed by atoms with E-state index >= 15 is 0 Å². The maximum absolute atomic E-state index is 13.7. The van der Waals surface area contributed by atoms with Crippen LogP contribution in [0.25, 0.3) is 5.69 Å². The lowest BCUT2D eigenvalue weighted by atomic mass is 9.91. The molecule has 0 unspecified atom stereocenters. The van der Waals surface area contributed by atoms with Crippen LogP contribution < -0.4 is 10.6 Å². The van der Waals surface area contributed by atoms with Crippen molar-refractivity contribution in [3.63, 3.8) is 0 Å². The van der Waals surface area contributed by atoms with Crippen molar-refractivity contribution in [2.45, 2.75) is 31.5 Å². The molecule has 2 atom stereocenters. The summed E-state index contributed by atoms with van der Waals surface area (Å²) in [6.45, 7) is 0.546. The van der Waals surface area contributed by atoms with Crippen LogP contribution in [0.5, 0.6) is 0 Å².